The van der Waals surface area contributed by atoms with Gasteiger partial charge in [-0.15, -0.1) is 0 Å². The lowest BCUT2D eigenvalue weighted by Gasteiger charge is -2.26. The molecule has 8 heteroatoms. The van der Waals surface area contributed by atoms with Crippen LogP contribution in [0.15, 0.2) is 53.6 Å². The molecule has 0 aliphatic carbocycles. The van der Waals surface area contributed by atoms with Crippen molar-refractivity contribution in [1.82, 2.24) is 14.2 Å². The minimum atomic E-state index is -3.51. The molecule has 1 fully saturated rings. The van der Waals surface area contributed by atoms with E-state index < -0.39 is 10.0 Å². The molecule has 2 heterocycles. The van der Waals surface area contributed by atoms with E-state index in [2.05, 4.69) is 41.4 Å². The van der Waals surface area contributed by atoms with Gasteiger partial charge in [-0.25, -0.2) is 13.4 Å². The molecule has 3 rings (SSSR count). The number of hydrogen-bond donors (Lipinski definition) is 1. The maximum absolute atomic E-state index is 12.7. The minimum Gasteiger partial charge on any atom is -0.379 e. The van der Waals surface area contributed by atoms with E-state index in [1.807, 2.05) is 18.2 Å². The predicted octanol–water partition coefficient (Wildman–Crippen LogP) is 1.69. The van der Waals surface area contributed by atoms with Crippen LogP contribution in [0.1, 0.15) is 5.56 Å². The van der Waals surface area contributed by atoms with Gasteiger partial charge in [-0.05, 0) is 38.2 Å². The number of nitrogens with one attached hydrogen (secondary N) is 1. The van der Waals surface area contributed by atoms with E-state index in [1.54, 1.807) is 12.1 Å². The SMILES string of the molecule is CN(C)C(CNc1ccc(S(=O)(=O)N2CCOCC2)cn1)Cc1ccccc1. The summed E-state index contributed by atoms with van der Waals surface area (Å²) in [5.41, 5.74) is 1.28. The van der Waals surface area contributed by atoms with Crippen molar-refractivity contribution in [3.8, 4) is 0 Å². The number of morpholine rings is 1. The van der Waals surface area contributed by atoms with E-state index in [-0.39, 0.29) is 4.90 Å². The van der Waals surface area contributed by atoms with Crippen LogP contribution in [0.4, 0.5) is 5.82 Å². The summed E-state index contributed by atoms with van der Waals surface area (Å²) in [6.45, 7) is 2.34. The van der Waals surface area contributed by atoms with Gasteiger partial charge in [0.15, 0.2) is 0 Å². The molecule has 0 radical (unpaired) electrons. The first-order chi connectivity index (χ1) is 13.5. The quantitative estimate of drug-likeness (QED) is 0.722. The summed E-state index contributed by atoms with van der Waals surface area (Å²) in [5, 5.41) is 3.32. The fraction of sp³-hybridized carbons (Fsp3) is 0.450. The molecule has 1 aliphatic rings. The van der Waals surface area contributed by atoms with Crippen LogP contribution in [0.5, 0.6) is 0 Å². The number of benzene rings is 1. The van der Waals surface area contributed by atoms with Crippen LogP contribution in [0.3, 0.4) is 0 Å². The zero-order valence-electron chi connectivity index (χ0n) is 16.4. The summed E-state index contributed by atoms with van der Waals surface area (Å²) in [6, 6.07) is 14.0. The van der Waals surface area contributed by atoms with Gasteiger partial charge >= 0.3 is 0 Å². The largest absolute Gasteiger partial charge is 0.379 e. The molecular formula is C20H28N4O3S. The van der Waals surface area contributed by atoms with E-state index in [1.165, 1.54) is 16.1 Å². The zero-order valence-corrected chi connectivity index (χ0v) is 17.2. The Bertz CT molecular complexity index is 836. The number of likely N-dealkylation sites (N-methyl/N-ethyl adjacent to an activating group) is 1. The van der Waals surface area contributed by atoms with Crippen LogP contribution < -0.4 is 5.32 Å². The molecule has 2 aromatic rings. The van der Waals surface area contributed by atoms with Gasteiger partial charge in [-0.3, -0.25) is 0 Å². The molecule has 1 unspecified atom stereocenters. The maximum Gasteiger partial charge on any atom is 0.244 e. The molecule has 152 valence electrons. The molecule has 0 spiro atoms. The minimum absolute atomic E-state index is 0.216. The van der Waals surface area contributed by atoms with E-state index in [0.717, 1.165) is 6.42 Å². The Morgan fingerprint density at radius 3 is 2.46 bits per heavy atom. The van der Waals surface area contributed by atoms with Crippen molar-refractivity contribution in [3.05, 3.63) is 54.2 Å². The Labute approximate surface area is 167 Å². The molecule has 1 aromatic carbocycles. The monoisotopic (exact) mass is 404 g/mol. The van der Waals surface area contributed by atoms with Gasteiger partial charge in [0.1, 0.15) is 10.7 Å². The summed E-state index contributed by atoms with van der Waals surface area (Å²) < 4.78 is 32.0. The van der Waals surface area contributed by atoms with Crippen molar-refractivity contribution < 1.29 is 13.2 Å². The molecule has 1 atom stereocenters. The Hall–Kier alpha value is -2.00. The van der Waals surface area contributed by atoms with Gasteiger partial charge < -0.3 is 15.0 Å². The highest BCUT2D eigenvalue weighted by Crippen LogP contribution is 2.18. The van der Waals surface area contributed by atoms with Crippen molar-refractivity contribution in [2.75, 3.05) is 52.3 Å². The highest BCUT2D eigenvalue weighted by Gasteiger charge is 2.26. The number of nitrogens with zero attached hydrogens (tertiary/aromatic N) is 3. The number of pyridine rings is 1. The summed E-state index contributed by atoms with van der Waals surface area (Å²) in [5.74, 6) is 0.667. The van der Waals surface area contributed by atoms with E-state index in [4.69, 9.17) is 4.74 Å². The molecular weight excluding hydrogens is 376 g/mol. The molecule has 1 aliphatic heterocycles. The number of hydrogen-bond acceptors (Lipinski definition) is 6. The van der Waals surface area contributed by atoms with Gasteiger partial charge in [-0.2, -0.15) is 4.31 Å². The summed E-state index contributed by atoms with van der Waals surface area (Å²) in [4.78, 5) is 6.71. The zero-order chi connectivity index (χ0) is 20.0. The molecule has 28 heavy (non-hydrogen) atoms. The summed E-state index contributed by atoms with van der Waals surface area (Å²) in [7, 11) is 0.603. The molecule has 0 amide bonds. The molecule has 1 aromatic heterocycles. The number of ether oxygens (including phenoxy) is 1. The molecule has 1 N–H and O–H groups in total. The lowest BCUT2D eigenvalue weighted by atomic mass is 10.1. The Balaban J connectivity index is 1.61. The highest BCUT2D eigenvalue weighted by molar-refractivity contribution is 7.89. The maximum atomic E-state index is 12.7. The fourth-order valence-corrected chi connectivity index (χ4v) is 4.47. The second-order valence-corrected chi connectivity index (χ2v) is 9.02. The van der Waals surface area contributed by atoms with Crippen LogP contribution in [-0.2, 0) is 21.2 Å². The Morgan fingerprint density at radius 1 is 1.14 bits per heavy atom. The van der Waals surface area contributed by atoms with Crippen LogP contribution in [0.2, 0.25) is 0 Å². The Morgan fingerprint density at radius 2 is 1.86 bits per heavy atom. The van der Waals surface area contributed by atoms with E-state index in [9.17, 15) is 8.42 Å². The van der Waals surface area contributed by atoms with Crippen LogP contribution >= 0.6 is 0 Å². The average molecular weight is 405 g/mol. The predicted molar refractivity (Wildman–Crippen MR) is 110 cm³/mol. The van der Waals surface area contributed by atoms with Gasteiger partial charge in [0.2, 0.25) is 10.0 Å². The first kappa shape index (κ1) is 20.7. The fourth-order valence-electron chi connectivity index (χ4n) is 3.12. The molecule has 1 saturated heterocycles. The van der Waals surface area contributed by atoms with Gasteiger partial charge in [0.05, 0.1) is 13.2 Å². The topological polar surface area (TPSA) is 74.8 Å². The van der Waals surface area contributed by atoms with Crippen LogP contribution in [0, 0.1) is 0 Å². The Kier molecular flexibility index (Phi) is 7.01. The molecule has 0 bridgehead atoms. The normalized spacial score (nSPS) is 16.8. The number of sulfonamides is 1. The summed E-state index contributed by atoms with van der Waals surface area (Å²) in [6.07, 6.45) is 2.35. The van der Waals surface area contributed by atoms with E-state index in [0.29, 0.717) is 44.7 Å². The van der Waals surface area contributed by atoms with Crippen LogP contribution in [-0.4, -0.2) is 75.6 Å². The summed E-state index contributed by atoms with van der Waals surface area (Å²) >= 11 is 0. The van der Waals surface area contributed by atoms with Gasteiger partial charge in [0.25, 0.3) is 0 Å². The van der Waals surface area contributed by atoms with Crippen molar-refractivity contribution in [2.45, 2.75) is 17.4 Å². The van der Waals surface area contributed by atoms with Crippen molar-refractivity contribution >= 4 is 15.8 Å². The van der Waals surface area contributed by atoms with Crippen molar-refractivity contribution in [2.24, 2.45) is 0 Å². The van der Waals surface area contributed by atoms with E-state index >= 15 is 0 Å². The van der Waals surface area contributed by atoms with Gasteiger partial charge in [0, 0.05) is 31.9 Å². The third-order valence-corrected chi connectivity index (χ3v) is 6.79. The standard InChI is InChI=1S/C20H28N4O3S/c1-23(2)18(14-17-6-4-3-5-7-17)15-21-20-9-8-19(16-22-20)28(25,26)24-10-12-27-13-11-24/h3-9,16,18H,10-15H2,1-2H3,(H,21,22). The van der Waals surface area contributed by atoms with Gasteiger partial charge in [-0.1, -0.05) is 30.3 Å². The number of anilines is 1. The first-order valence-electron chi connectivity index (χ1n) is 9.45. The average Bonchev–Trinajstić information content (AvgIpc) is 2.72. The smallest absolute Gasteiger partial charge is 0.244 e. The third kappa shape index (κ3) is 5.29. The third-order valence-electron chi connectivity index (χ3n) is 4.91. The highest BCUT2D eigenvalue weighted by atomic mass is 32.2. The first-order valence-corrected chi connectivity index (χ1v) is 10.9. The molecule has 7 nitrogen and oxygen atoms in total. The lowest BCUT2D eigenvalue weighted by molar-refractivity contribution is 0.0730. The van der Waals surface area contributed by atoms with Crippen LogP contribution in [0.25, 0.3) is 0 Å². The van der Waals surface area contributed by atoms with Crippen molar-refractivity contribution in [3.63, 3.8) is 0 Å². The second kappa shape index (κ2) is 9.47. The lowest BCUT2D eigenvalue weighted by Crippen LogP contribution is -2.40. The molecule has 0 saturated carbocycles. The van der Waals surface area contributed by atoms with Crippen molar-refractivity contribution in [1.29, 1.82) is 0 Å². The second-order valence-electron chi connectivity index (χ2n) is 7.08. The number of rotatable bonds is 8. The number of aromatic nitrogens is 1.